The number of likely N-dealkylation sites (N-methyl/N-ethyl adjacent to an activating group) is 1. The molecule has 16 heavy (non-hydrogen) atoms. The van der Waals surface area contributed by atoms with Crippen molar-refractivity contribution in [3.05, 3.63) is 0 Å². The molecule has 2 atom stereocenters. The minimum absolute atomic E-state index is 0.0626. The maximum Gasteiger partial charge on any atom is 0.242 e. The first-order valence-corrected chi connectivity index (χ1v) is 5.85. The lowest BCUT2D eigenvalue weighted by molar-refractivity contribution is -0.150. The second-order valence-corrected chi connectivity index (χ2v) is 5.27. The summed E-state index contributed by atoms with van der Waals surface area (Å²) in [5, 5.41) is 13.1. The molecule has 2 saturated heterocycles. The van der Waals surface area contributed by atoms with Crippen molar-refractivity contribution in [1.82, 2.24) is 15.1 Å². The number of aliphatic hydroxyl groups excluding tert-OH is 1. The molecule has 0 saturated carbocycles. The summed E-state index contributed by atoms with van der Waals surface area (Å²) in [6, 6.07) is 0.0626. The van der Waals surface area contributed by atoms with Crippen molar-refractivity contribution in [2.75, 3.05) is 33.2 Å². The lowest BCUT2D eigenvalue weighted by atomic mass is 9.94. The molecule has 2 rings (SSSR count). The van der Waals surface area contributed by atoms with Gasteiger partial charge in [0.25, 0.3) is 0 Å². The van der Waals surface area contributed by atoms with Crippen LogP contribution in [0.3, 0.4) is 0 Å². The van der Waals surface area contributed by atoms with Gasteiger partial charge in [-0.1, -0.05) is 0 Å². The number of piperazine rings is 1. The SMILES string of the molecule is CN1CCN(C2CNCC2O)C(C)(C)C1=O. The van der Waals surface area contributed by atoms with Crippen LogP contribution in [0.2, 0.25) is 0 Å². The average Bonchev–Trinajstić information content (AvgIpc) is 2.62. The van der Waals surface area contributed by atoms with E-state index in [2.05, 4.69) is 10.2 Å². The molecule has 92 valence electrons. The molecule has 0 bridgehead atoms. The highest BCUT2D eigenvalue weighted by molar-refractivity contribution is 5.86. The van der Waals surface area contributed by atoms with E-state index in [1.54, 1.807) is 4.90 Å². The number of carbonyl (C=O) groups excluding carboxylic acids is 1. The Kier molecular flexibility index (Phi) is 2.94. The fourth-order valence-corrected chi connectivity index (χ4v) is 2.78. The second-order valence-electron chi connectivity index (χ2n) is 5.27. The summed E-state index contributed by atoms with van der Waals surface area (Å²) < 4.78 is 0. The van der Waals surface area contributed by atoms with Crippen LogP contribution in [0.1, 0.15) is 13.8 Å². The van der Waals surface area contributed by atoms with E-state index in [1.165, 1.54) is 0 Å². The zero-order valence-electron chi connectivity index (χ0n) is 10.2. The van der Waals surface area contributed by atoms with E-state index < -0.39 is 5.54 Å². The third-order valence-corrected chi connectivity index (χ3v) is 3.82. The Bertz CT molecular complexity index is 293. The standard InChI is InChI=1S/C11H21N3O2/c1-11(2)10(16)13(3)4-5-14(11)8-6-12-7-9(8)15/h8-9,12,15H,4-7H2,1-3H3. The van der Waals surface area contributed by atoms with Crippen LogP contribution in [0.5, 0.6) is 0 Å². The highest BCUT2D eigenvalue weighted by atomic mass is 16.3. The molecule has 0 radical (unpaired) electrons. The molecular weight excluding hydrogens is 206 g/mol. The molecule has 2 unspecified atom stereocenters. The van der Waals surface area contributed by atoms with Crippen LogP contribution < -0.4 is 5.32 Å². The van der Waals surface area contributed by atoms with Crippen molar-refractivity contribution >= 4 is 5.91 Å². The van der Waals surface area contributed by atoms with Crippen molar-refractivity contribution in [3.8, 4) is 0 Å². The van der Waals surface area contributed by atoms with E-state index in [9.17, 15) is 9.90 Å². The van der Waals surface area contributed by atoms with Gasteiger partial charge in [-0.15, -0.1) is 0 Å². The lowest BCUT2D eigenvalue weighted by Crippen LogP contribution is -2.66. The van der Waals surface area contributed by atoms with E-state index in [1.807, 2.05) is 20.9 Å². The minimum atomic E-state index is -0.509. The van der Waals surface area contributed by atoms with Crippen molar-refractivity contribution in [2.24, 2.45) is 0 Å². The quantitative estimate of drug-likeness (QED) is 0.595. The number of nitrogens with zero attached hydrogens (tertiary/aromatic N) is 2. The monoisotopic (exact) mass is 227 g/mol. The maximum absolute atomic E-state index is 12.1. The molecule has 0 aromatic heterocycles. The van der Waals surface area contributed by atoms with Gasteiger partial charge in [0.05, 0.1) is 17.7 Å². The highest BCUT2D eigenvalue weighted by Crippen LogP contribution is 2.26. The molecule has 0 aromatic carbocycles. The number of amides is 1. The molecule has 0 aromatic rings. The summed E-state index contributed by atoms with van der Waals surface area (Å²) in [6.45, 7) is 6.85. The van der Waals surface area contributed by atoms with Crippen molar-refractivity contribution in [3.63, 3.8) is 0 Å². The van der Waals surface area contributed by atoms with Crippen LogP contribution in [-0.4, -0.2) is 71.7 Å². The molecule has 5 heteroatoms. The van der Waals surface area contributed by atoms with Crippen LogP contribution in [0, 0.1) is 0 Å². The maximum atomic E-state index is 12.1. The fraction of sp³-hybridized carbons (Fsp3) is 0.909. The molecule has 2 heterocycles. The number of hydrogen-bond donors (Lipinski definition) is 2. The predicted molar refractivity (Wildman–Crippen MR) is 61.1 cm³/mol. The summed E-state index contributed by atoms with van der Waals surface area (Å²) >= 11 is 0. The molecule has 0 spiro atoms. The van der Waals surface area contributed by atoms with E-state index in [4.69, 9.17) is 0 Å². The number of nitrogens with one attached hydrogen (secondary N) is 1. The highest BCUT2D eigenvalue weighted by Gasteiger charge is 2.46. The van der Waals surface area contributed by atoms with E-state index in [-0.39, 0.29) is 18.1 Å². The largest absolute Gasteiger partial charge is 0.390 e. The first kappa shape index (κ1) is 11.8. The Labute approximate surface area is 96.4 Å². The Balaban J connectivity index is 2.18. The van der Waals surface area contributed by atoms with Crippen LogP contribution in [0.4, 0.5) is 0 Å². The van der Waals surface area contributed by atoms with Gasteiger partial charge in [-0.3, -0.25) is 9.69 Å². The summed E-state index contributed by atoms with van der Waals surface area (Å²) in [7, 11) is 1.84. The summed E-state index contributed by atoms with van der Waals surface area (Å²) in [5.74, 6) is 0.137. The van der Waals surface area contributed by atoms with Gasteiger partial charge in [-0.2, -0.15) is 0 Å². The summed E-state index contributed by atoms with van der Waals surface area (Å²) in [5.41, 5.74) is -0.509. The van der Waals surface area contributed by atoms with Crippen LogP contribution in [0.15, 0.2) is 0 Å². The van der Waals surface area contributed by atoms with Crippen LogP contribution in [0.25, 0.3) is 0 Å². The first-order valence-electron chi connectivity index (χ1n) is 5.85. The Morgan fingerprint density at radius 1 is 1.38 bits per heavy atom. The van der Waals surface area contributed by atoms with Crippen molar-refractivity contribution in [2.45, 2.75) is 31.5 Å². The van der Waals surface area contributed by atoms with Gasteiger partial charge in [0.2, 0.25) is 5.91 Å². The smallest absolute Gasteiger partial charge is 0.242 e. The van der Waals surface area contributed by atoms with E-state index >= 15 is 0 Å². The Morgan fingerprint density at radius 3 is 2.62 bits per heavy atom. The zero-order valence-corrected chi connectivity index (χ0v) is 10.2. The molecule has 2 aliphatic rings. The predicted octanol–water partition coefficient (Wildman–Crippen LogP) is -1.13. The van der Waals surface area contributed by atoms with Crippen LogP contribution >= 0.6 is 0 Å². The van der Waals surface area contributed by atoms with E-state index in [0.29, 0.717) is 6.54 Å². The molecule has 2 N–H and O–H groups in total. The fourth-order valence-electron chi connectivity index (χ4n) is 2.78. The minimum Gasteiger partial charge on any atom is -0.390 e. The van der Waals surface area contributed by atoms with Gasteiger partial charge in [-0.05, 0) is 13.8 Å². The summed E-state index contributed by atoms with van der Waals surface area (Å²) in [4.78, 5) is 16.0. The van der Waals surface area contributed by atoms with Gasteiger partial charge in [0.1, 0.15) is 0 Å². The Morgan fingerprint density at radius 2 is 2.06 bits per heavy atom. The number of carbonyl (C=O) groups is 1. The van der Waals surface area contributed by atoms with Gasteiger partial charge in [-0.25, -0.2) is 0 Å². The van der Waals surface area contributed by atoms with Gasteiger partial charge in [0, 0.05) is 33.2 Å². The molecule has 2 fully saturated rings. The molecular formula is C11H21N3O2. The molecule has 1 amide bonds. The normalized spacial score (nSPS) is 35.8. The van der Waals surface area contributed by atoms with Gasteiger partial charge in [0.15, 0.2) is 0 Å². The topological polar surface area (TPSA) is 55.8 Å². The molecule has 2 aliphatic heterocycles. The number of rotatable bonds is 1. The molecule has 0 aliphatic carbocycles. The third-order valence-electron chi connectivity index (χ3n) is 3.82. The summed E-state index contributed by atoms with van der Waals surface area (Å²) in [6.07, 6.45) is -0.365. The number of hydrogen-bond acceptors (Lipinski definition) is 4. The molecule has 5 nitrogen and oxygen atoms in total. The third kappa shape index (κ3) is 1.73. The van der Waals surface area contributed by atoms with Crippen LogP contribution in [-0.2, 0) is 4.79 Å². The van der Waals surface area contributed by atoms with Gasteiger partial charge >= 0.3 is 0 Å². The Hall–Kier alpha value is -0.650. The zero-order chi connectivity index (χ0) is 11.9. The van der Waals surface area contributed by atoms with E-state index in [0.717, 1.165) is 19.6 Å². The van der Waals surface area contributed by atoms with Crippen molar-refractivity contribution < 1.29 is 9.90 Å². The first-order chi connectivity index (χ1) is 7.44. The average molecular weight is 227 g/mol. The van der Waals surface area contributed by atoms with Crippen molar-refractivity contribution in [1.29, 1.82) is 0 Å². The number of aliphatic hydroxyl groups is 1. The second kappa shape index (κ2) is 3.98. The number of β-amino-alcohol motifs (C(OH)–C–C–N with tert-alkyl or cyclic N) is 1. The lowest BCUT2D eigenvalue weighted by Gasteiger charge is -2.48. The van der Waals surface area contributed by atoms with Gasteiger partial charge < -0.3 is 15.3 Å².